The van der Waals surface area contributed by atoms with Crippen LogP contribution in [0, 0.1) is 11.6 Å². The molecule has 2 aromatic carbocycles. The van der Waals surface area contributed by atoms with Crippen LogP contribution in [0.3, 0.4) is 0 Å². The van der Waals surface area contributed by atoms with E-state index in [0.717, 1.165) is 19.4 Å². The smallest absolute Gasteiger partial charge is 0.248 e. The van der Waals surface area contributed by atoms with Crippen molar-refractivity contribution in [1.82, 2.24) is 4.90 Å². The Hall–Kier alpha value is -2.73. The van der Waals surface area contributed by atoms with E-state index in [1.807, 2.05) is 7.05 Å². The van der Waals surface area contributed by atoms with Crippen molar-refractivity contribution in [3.05, 3.63) is 71.8 Å². The van der Waals surface area contributed by atoms with Gasteiger partial charge in [-0.3, -0.25) is 4.79 Å². The highest BCUT2D eigenvalue weighted by atomic mass is 19.1. The van der Waals surface area contributed by atoms with E-state index in [2.05, 4.69) is 17.1 Å². The van der Waals surface area contributed by atoms with Crippen LogP contribution in [-0.4, -0.2) is 30.9 Å². The topological polar surface area (TPSA) is 41.6 Å². The van der Waals surface area contributed by atoms with Crippen LogP contribution in [0.15, 0.2) is 54.6 Å². The van der Waals surface area contributed by atoms with Crippen molar-refractivity contribution < 1.29 is 18.3 Å². The predicted molar refractivity (Wildman–Crippen MR) is 107 cm³/mol. The molecule has 0 radical (unpaired) electrons. The van der Waals surface area contributed by atoms with E-state index < -0.39 is 5.82 Å². The van der Waals surface area contributed by atoms with Crippen molar-refractivity contribution in [2.24, 2.45) is 0 Å². The first-order valence-corrected chi connectivity index (χ1v) is 9.30. The molecule has 0 bridgehead atoms. The van der Waals surface area contributed by atoms with Gasteiger partial charge in [0, 0.05) is 24.4 Å². The lowest BCUT2D eigenvalue weighted by molar-refractivity contribution is -0.111. The van der Waals surface area contributed by atoms with Gasteiger partial charge < -0.3 is 15.0 Å². The maximum absolute atomic E-state index is 14.2. The van der Waals surface area contributed by atoms with E-state index in [9.17, 15) is 13.6 Å². The van der Waals surface area contributed by atoms with E-state index in [-0.39, 0.29) is 24.1 Å². The fourth-order valence-corrected chi connectivity index (χ4v) is 2.53. The van der Waals surface area contributed by atoms with Gasteiger partial charge in [0.25, 0.3) is 0 Å². The Morgan fingerprint density at radius 2 is 2.04 bits per heavy atom. The maximum Gasteiger partial charge on any atom is 0.248 e. The van der Waals surface area contributed by atoms with Crippen molar-refractivity contribution in [1.29, 1.82) is 0 Å². The van der Waals surface area contributed by atoms with Gasteiger partial charge in [-0.25, -0.2) is 8.78 Å². The average Bonchev–Trinajstić information content (AvgIpc) is 2.66. The van der Waals surface area contributed by atoms with Gasteiger partial charge in [-0.05, 0) is 49.8 Å². The number of ether oxygens (including phenoxy) is 1. The van der Waals surface area contributed by atoms with E-state index >= 15 is 0 Å². The van der Waals surface area contributed by atoms with Crippen LogP contribution in [0.2, 0.25) is 0 Å². The molecular formula is C22H26F2N2O2. The second-order valence-corrected chi connectivity index (χ2v) is 6.57. The highest BCUT2D eigenvalue weighted by molar-refractivity contribution is 5.99. The lowest BCUT2D eigenvalue weighted by atomic mass is 10.2. The minimum absolute atomic E-state index is 0.0374. The molecule has 0 heterocycles. The normalized spacial score (nSPS) is 11.2. The van der Waals surface area contributed by atoms with Gasteiger partial charge in [0.1, 0.15) is 12.4 Å². The minimum atomic E-state index is -0.600. The summed E-state index contributed by atoms with van der Waals surface area (Å²) in [5.41, 5.74) is 0.940. The van der Waals surface area contributed by atoms with Gasteiger partial charge in [-0.15, -0.1) is 0 Å². The number of rotatable bonds is 10. The van der Waals surface area contributed by atoms with Gasteiger partial charge in [0.2, 0.25) is 5.91 Å². The molecule has 0 aliphatic heterocycles. The summed E-state index contributed by atoms with van der Waals surface area (Å²) in [6.07, 6.45) is 5.46. The molecule has 1 N–H and O–H groups in total. The van der Waals surface area contributed by atoms with Crippen molar-refractivity contribution in [3.8, 4) is 5.75 Å². The third-order valence-corrected chi connectivity index (χ3v) is 4.06. The highest BCUT2D eigenvalue weighted by Crippen LogP contribution is 2.22. The van der Waals surface area contributed by atoms with Crippen molar-refractivity contribution in [2.75, 3.05) is 25.5 Å². The molecule has 2 aromatic rings. The molecule has 0 saturated heterocycles. The summed E-state index contributed by atoms with van der Waals surface area (Å²) in [5, 5.41) is 2.62. The number of likely N-dealkylation sites (N-methyl/N-ethyl adjacent to an activating group) is 1. The summed E-state index contributed by atoms with van der Waals surface area (Å²) < 4.78 is 32.7. The number of carbonyl (C=O) groups is 1. The van der Waals surface area contributed by atoms with Gasteiger partial charge in [-0.1, -0.05) is 31.6 Å². The summed E-state index contributed by atoms with van der Waals surface area (Å²) >= 11 is 0. The van der Waals surface area contributed by atoms with Crippen molar-refractivity contribution >= 4 is 11.6 Å². The van der Waals surface area contributed by atoms with Crippen LogP contribution < -0.4 is 10.1 Å². The number of nitrogens with one attached hydrogen (secondary N) is 1. The largest absolute Gasteiger partial charge is 0.486 e. The third-order valence-electron chi connectivity index (χ3n) is 4.06. The lowest BCUT2D eigenvalue weighted by Gasteiger charge is -2.12. The first-order chi connectivity index (χ1) is 13.5. The van der Waals surface area contributed by atoms with Crippen LogP contribution >= 0.6 is 0 Å². The molecule has 0 fully saturated rings. The summed E-state index contributed by atoms with van der Waals surface area (Å²) in [4.78, 5) is 14.1. The predicted octanol–water partition coefficient (Wildman–Crippen LogP) is 4.77. The van der Waals surface area contributed by atoms with Crippen LogP contribution in [0.5, 0.6) is 5.75 Å². The van der Waals surface area contributed by atoms with Gasteiger partial charge in [0.05, 0.1) is 0 Å². The number of benzene rings is 2. The fraction of sp³-hybridized carbons (Fsp3) is 0.318. The molecule has 0 aliphatic carbocycles. The number of amides is 1. The number of carbonyl (C=O) groups excluding carboxylic acids is 1. The Morgan fingerprint density at radius 1 is 1.21 bits per heavy atom. The van der Waals surface area contributed by atoms with E-state index in [1.165, 1.54) is 30.3 Å². The lowest BCUT2D eigenvalue weighted by Crippen LogP contribution is -2.19. The molecule has 0 spiro atoms. The number of anilines is 1. The number of hydrogen-bond donors (Lipinski definition) is 1. The molecule has 6 heteroatoms. The Kier molecular flexibility index (Phi) is 8.62. The molecule has 0 aromatic heterocycles. The third kappa shape index (κ3) is 7.48. The molecular weight excluding hydrogens is 362 g/mol. The molecule has 150 valence electrons. The molecule has 0 aliphatic rings. The Labute approximate surface area is 164 Å². The van der Waals surface area contributed by atoms with E-state index in [4.69, 9.17) is 4.74 Å². The minimum Gasteiger partial charge on any atom is -0.486 e. The zero-order chi connectivity index (χ0) is 20.4. The number of hydrogen-bond acceptors (Lipinski definition) is 3. The van der Waals surface area contributed by atoms with Crippen molar-refractivity contribution in [2.45, 2.75) is 26.4 Å². The molecule has 0 unspecified atom stereocenters. The quantitative estimate of drug-likeness (QED) is 0.596. The maximum atomic E-state index is 14.2. The molecule has 0 saturated carbocycles. The van der Waals surface area contributed by atoms with Gasteiger partial charge in [-0.2, -0.15) is 0 Å². The summed E-state index contributed by atoms with van der Waals surface area (Å²) in [7, 11) is 2.00. The Bertz CT molecular complexity index is 809. The second-order valence-electron chi connectivity index (χ2n) is 6.57. The summed E-state index contributed by atoms with van der Waals surface area (Å²) in [6, 6.07) is 10.1. The monoisotopic (exact) mass is 388 g/mol. The number of unbranched alkanes of at least 4 members (excludes halogenated alkanes) is 1. The van der Waals surface area contributed by atoms with Crippen LogP contribution in [-0.2, 0) is 11.4 Å². The van der Waals surface area contributed by atoms with Crippen LogP contribution in [0.4, 0.5) is 14.5 Å². The Morgan fingerprint density at radius 3 is 2.75 bits per heavy atom. The highest BCUT2D eigenvalue weighted by Gasteiger charge is 2.07. The first kappa shape index (κ1) is 21.6. The first-order valence-electron chi connectivity index (χ1n) is 9.30. The zero-order valence-electron chi connectivity index (χ0n) is 16.3. The van der Waals surface area contributed by atoms with Crippen LogP contribution in [0.25, 0.3) is 0 Å². The molecule has 0 atom stereocenters. The summed E-state index contributed by atoms with van der Waals surface area (Å²) in [5.74, 6) is -1.26. The van der Waals surface area contributed by atoms with Gasteiger partial charge >= 0.3 is 0 Å². The SMILES string of the molecule is CCCCN(C)C/C=C/C(=O)Nc1ccc(OCc2cccc(F)c2)c(F)c1. The number of nitrogens with zero attached hydrogens (tertiary/aromatic N) is 1. The van der Waals surface area contributed by atoms with Crippen LogP contribution in [0.1, 0.15) is 25.3 Å². The molecule has 1 amide bonds. The van der Waals surface area contributed by atoms with Crippen molar-refractivity contribution in [3.63, 3.8) is 0 Å². The number of halogens is 2. The standard InChI is InChI=1S/C22H26F2N2O2/c1-3-4-12-26(2)13-6-9-22(27)25-19-10-11-21(20(24)15-19)28-16-17-7-5-8-18(23)14-17/h5-11,14-15H,3-4,12-13,16H2,1-2H3,(H,25,27)/b9-6+. The fourth-order valence-electron chi connectivity index (χ4n) is 2.53. The van der Waals surface area contributed by atoms with Gasteiger partial charge in [0.15, 0.2) is 11.6 Å². The molecule has 28 heavy (non-hydrogen) atoms. The molecule has 2 rings (SSSR count). The van der Waals surface area contributed by atoms with E-state index in [0.29, 0.717) is 17.8 Å². The van der Waals surface area contributed by atoms with E-state index in [1.54, 1.807) is 24.3 Å². The average molecular weight is 388 g/mol. The Balaban J connectivity index is 1.85. The molecule has 4 nitrogen and oxygen atoms in total. The zero-order valence-corrected chi connectivity index (χ0v) is 16.3. The second kappa shape index (κ2) is 11.2. The summed E-state index contributed by atoms with van der Waals surface area (Å²) in [6.45, 7) is 3.84.